The van der Waals surface area contributed by atoms with Crippen LogP contribution in [0.4, 0.5) is 0 Å². The fraction of sp³-hybridized carbons (Fsp3) is 0.348. The van der Waals surface area contributed by atoms with E-state index in [1.165, 1.54) is 10.4 Å². The van der Waals surface area contributed by atoms with Crippen molar-refractivity contribution in [1.29, 1.82) is 0 Å². The second kappa shape index (κ2) is 9.45. The van der Waals surface area contributed by atoms with Gasteiger partial charge in [-0.15, -0.1) is 0 Å². The molecule has 2 aromatic carbocycles. The summed E-state index contributed by atoms with van der Waals surface area (Å²) in [5.74, 6) is 0.947. The van der Waals surface area contributed by atoms with Gasteiger partial charge < -0.3 is 9.64 Å². The van der Waals surface area contributed by atoms with Crippen LogP contribution in [0.25, 0.3) is 6.08 Å². The largest absolute Gasteiger partial charge is 0.497 e. The van der Waals surface area contributed by atoms with E-state index in [9.17, 15) is 13.2 Å². The summed E-state index contributed by atoms with van der Waals surface area (Å²) in [5.41, 5.74) is 1.97. The average Bonchev–Trinajstić information content (AvgIpc) is 2.77. The van der Waals surface area contributed by atoms with Crippen molar-refractivity contribution < 1.29 is 17.9 Å². The summed E-state index contributed by atoms with van der Waals surface area (Å²) in [5, 5.41) is 0. The van der Waals surface area contributed by atoms with Crippen molar-refractivity contribution in [2.75, 3.05) is 33.3 Å². The van der Waals surface area contributed by atoms with Gasteiger partial charge in [0.25, 0.3) is 0 Å². The van der Waals surface area contributed by atoms with Crippen molar-refractivity contribution in [3.8, 4) is 5.75 Å². The lowest BCUT2D eigenvalue weighted by molar-refractivity contribution is -0.127. The summed E-state index contributed by atoms with van der Waals surface area (Å²) >= 11 is 0. The van der Waals surface area contributed by atoms with Crippen LogP contribution in [0.3, 0.4) is 0 Å². The van der Waals surface area contributed by atoms with Gasteiger partial charge in [0.05, 0.1) is 12.0 Å². The van der Waals surface area contributed by atoms with E-state index in [1.807, 2.05) is 36.4 Å². The molecule has 0 atom stereocenters. The molecule has 0 aromatic heterocycles. The first-order chi connectivity index (χ1) is 14.3. The Hall–Kier alpha value is -2.64. The SMILES string of the molecule is COc1cccc(/C=C/C(=O)N2CCN(S(=O)(=O)c3ccc(C(C)C)cc3)CC2)c1. The monoisotopic (exact) mass is 428 g/mol. The molecule has 0 radical (unpaired) electrons. The Kier molecular flexibility index (Phi) is 6.95. The Morgan fingerprint density at radius 1 is 1.03 bits per heavy atom. The van der Waals surface area contributed by atoms with Crippen LogP contribution in [0.5, 0.6) is 5.75 Å². The van der Waals surface area contributed by atoms with Gasteiger partial charge >= 0.3 is 0 Å². The molecule has 0 aliphatic carbocycles. The molecule has 1 aliphatic rings. The Morgan fingerprint density at radius 3 is 2.30 bits per heavy atom. The predicted molar refractivity (Wildman–Crippen MR) is 118 cm³/mol. The third kappa shape index (κ3) is 5.09. The molecule has 1 fully saturated rings. The second-order valence-electron chi connectivity index (χ2n) is 7.56. The molecule has 1 heterocycles. The Morgan fingerprint density at radius 2 is 1.70 bits per heavy atom. The summed E-state index contributed by atoms with van der Waals surface area (Å²) in [6.07, 6.45) is 3.26. The number of carbonyl (C=O) groups is 1. The molecule has 0 saturated carbocycles. The molecular weight excluding hydrogens is 400 g/mol. The zero-order valence-corrected chi connectivity index (χ0v) is 18.4. The molecule has 0 unspecified atom stereocenters. The van der Waals surface area contributed by atoms with E-state index in [1.54, 1.807) is 30.2 Å². The second-order valence-corrected chi connectivity index (χ2v) is 9.50. The van der Waals surface area contributed by atoms with Gasteiger partial charge in [0.15, 0.2) is 0 Å². The van der Waals surface area contributed by atoms with Crippen LogP contribution in [-0.2, 0) is 14.8 Å². The zero-order valence-electron chi connectivity index (χ0n) is 17.6. The maximum absolute atomic E-state index is 12.9. The lowest BCUT2D eigenvalue weighted by atomic mass is 10.0. The van der Waals surface area contributed by atoms with Crippen molar-refractivity contribution in [3.63, 3.8) is 0 Å². The Labute approximate surface area is 178 Å². The first-order valence-electron chi connectivity index (χ1n) is 10.0. The number of piperazine rings is 1. The first-order valence-corrected chi connectivity index (χ1v) is 11.5. The number of benzene rings is 2. The average molecular weight is 429 g/mol. The highest BCUT2D eigenvalue weighted by Gasteiger charge is 2.29. The highest BCUT2D eigenvalue weighted by atomic mass is 32.2. The van der Waals surface area contributed by atoms with E-state index in [2.05, 4.69) is 13.8 Å². The molecule has 0 bridgehead atoms. The highest BCUT2D eigenvalue weighted by molar-refractivity contribution is 7.89. The number of carbonyl (C=O) groups excluding carboxylic acids is 1. The van der Waals surface area contributed by atoms with Crippen molar-refractivity contribution in [2.24, 2.45) is 0 Å². The summed E-state index contributed by atoms with van der Waals surface area (Å²) in [6, 6.07) is 14.5. The first kappa shape index (κ1) is 22.1. The topological polar surface area (TPSA) is 66.9 Å². The number of nitrogens with zero attached hydrogens (tertiary/aromatic N) is 2. The molecule has 0 spiro atoms. The van der Waals surface area contributed by atoms with Crippen LogP contribution in [0, 0.1) is 0 Å². The molecule has 6 nitrogen and oxygen atoms in total. The van der Waals surface area contributed by atoms with Crippen LogP contribution in [-0.4, -0.2) is 56.8 Å². The fourth-order valence-corrected chi connectivity index (χ4v) is 4.76. The molecule has 0 N–H and O–H groups in total. The van der Waals surface area contributed by atoms with Gasteiger partial charge in [-0.25, -0.2) is 8.42 Å². The van der Waals surface area contributed by atoms with Gasteiger partial charge in [-0.1, -0.05) is 38.1 Å². The van der Waals surface area contributed by atoms with E-state index in [0.717, 1.165) is 16.9 Å². The number of sulfonamides is 1. The standard InChI is InChI=1S/C23H28N2O4S/c1-18(2)20-8-10-22(11-9-20)30(27,28)25-15-13-24(14-16-25)23(26)12-7-19-5-4-6-21(17-19)29-3/h4-12,17-18H,13-16H2,1-3H3/b12-7+. The number of ether oxygens (including phenoxy) is 1. The van der Waals surface area contributed by atoms with E-state index in [4.69, 9.17) is 4.74 Å². The van der Waals surface area contributed by atoms with Crippen LogP contribution in [0.15, 0.2) is 59.5 Å². The molecule has 1 saturated heterocycles. The third-order valence-electron chi connectivity index (χ3n) is 5.25. The van der Waals surface area contributed by atoms with Gasteiger partial charge in [0.1, 0.15) is 5.75 Å². The quantitative estimate of drug-likeness (QED) is 0.662. The molecule has 7 heteroatoms. The maximum atomic E-state index is 12.9. The van der Waals surface area contributed by atoms with E-state index in [0.29, 0.717) is 23.9 Å². The molecule has 1 amide bonds. The number of methoxy groups -OCH3 is 1. The number of rotatable bonds is 6. The number of hydrogen-bond acceptors (Lipinski definition) is 4. The molecular formula is C23H28N2O4S. The molecule has 30 heavy (non-hydrogen) atoms. The van der Waals surface area contributed by atoms with Crippen molar-refractivity contribution in [1.82, 2.24) is 9.21 Å². The lowest BCUT2D eigenvalue weighted by Crippen LogP contribution is -2.50. The van der Waals surface area contributed by atoms with Gasteiger partial charge in [0, 0.05) is 32.3 Å². The van der Waals surface area contributed by atoms with Gasteiger partial charge in [0.2, 0.25) is 15.9 Å². The normalized spacial score (nSPS) is 15.7. The minimum atomic E-state index is -3.55. The van der Waals surface area contributed by atoms with E-state index < -0.39 is 10.0 Å². The summed E-state index contributed by atoms with van der Waals surface area (Å²) in [7, 11) is -1.96. The van der Waals surface area contributed by atoms with Crippen LogP contribution in [0.2, 0.25) is 0 Å². The molecule has 160 valence electrons. The summed E-state index contributed by atoms with van der Waals surface area (Å²) in [4.78, 5) is 14.5. The van der Waals surface area contributed by atoms with Crippen LogP contribution >= 0.6 is 0 Å². The lowest BCUT2D eigenvalue weighted by Gasteiger charge is -2.33. The Bertz CT molecular complexity index is 1010. The summed E-state index contributed by atoms with van der Waals surface area (Å²) in [6.45, 7) is 5.44. The van der Waals surface area contributed by atoms with Gasteiger partial charge in [-0.05, 0) is 47.4 Å². The number of hydrogen-bond donors (Lipinski definition) is 0. The number of amides is 1. The van der Waals surface area contributed by atoms with Crippen molar-refractivity contribution in [3.05, 3.63) is 65.7 Å². The van der Waals surface area contributed by atoms with Crippen LogP contribution < -0.4 is 4.74 Å². The molecule has 3 rings (SSSR count). The third-order valence-corrected chi connectivity index (χ3v) is 7.16. The van der Waals surface area contributed by atoms with Crippen molar-refractivity contribution >= 4 is 22.0 Å². The predicted octanol–water partition coefficient (Wildman–Crippen LogP) is 3.36. The highest BCUT2D eigenvalue weighted by Crippen LogP contribution is 2.21. The zero-order chi connectivity index (χ0) is 21.7. The minimum absolute atomic E-state index is 0.129. The maximum Gasteiger partial charge on any atom is 0.246 e. The van der Waals surface area contributed by atoms with Gasteiger partial charge in [-0.2, -0.15) is 4.31 Å². The van der Waals surface area contributed by atoms with Crippen LogP contribution in [0.1, 0.15) is 30.9 Å². The van der Waals surface area contributed by atoms with E-state index in [-0.39, 0.29) is 19.0 Å². The van der Waals surface area contributed by atoms with Gasteiger partial charge in [-0.3, -0.25) is 4.79 Å². The summed E-state index contributed by atoms with van der Waals surface area (Å²) < 4.78 is 32.5. The Balaban J connectivity index is 1.60. The van der Waals surface area contributed by atoms with Crippen molar-refractivity contribution in [2.45, 2.75) is 24.7 Å². The smallest absolute Gasteiger partial charge is 0.246 e. The molecule has 2 aromatic rings. The fourth-order valence-electron chi connectivity index (χ4n) is 3.34. The molecule has 1 aliphatic heterocycles. The minimum Gasteiger partial charge on any atom is -0.497 e. The van der Waals surface area contributed by atoms with E-state index >= 15 is 0 Å².